The molecular formula is C25H26N6O2. The minimum atomic E-state index is -0.195. The lowest BCUT2D eigenvalue weighted by molar-refractivity contribution is -0.126. The third kappa shape index (κ3) is 4.64. The second-order valence-electron chi connectivity index (χ2n) is 8.37. The van der Waals surface area contributed by atoms with E-state index in [1.165, 1.54) is 0 Å². The van der Waals surface area contributed by atoms with Crippen molar-refractivity contribution in [3.05, 3.63) is 66.4 Å². The molecule has 1 aliphatic heterocycles. The van der Waals surface area contributed by atoms with Crippen LogP contribution in [0.15, 0.2) is 60.8 Å². The molecule has 168 valence electrons. The van der Waals surface area contributed by atoms with E-state index in [1.807, 2.05) is 48.5 Å². The van der Waals surface area contributed by atoms with Crippen LogP contribution in [0.5, 0.6) is 0 Å². The monoisotopic (exact) mass is 442 g/mol. The van der Waals surface area contributed by atoms with Crippen LogP contribution in [-0.4, -0.2) is 58.1 Å². The number of piperidine rings is 1. The highest BCUT2D eigenvalue weighted by atomic mass is 16.2. The zero-order chi connectivity index (χ0) is 22.6. The summed E-state index contributed by atoms with van der Waals surface area (Å²) in [6.07, 6.45) is 3.31. The molecule has 1 saturated heterocycles. The predicted octanol–water partition coefficient (Wildman–Crippen LogP) is 3.19. The van der Waals surface area contributed by atoms with Crippen LogP contribution in [0.1, 0.15) is 23.2 Å². The van der Waals surface area contributed by atoms with E-state index in [2.05, 4.69) is 25.8 Å². The Bertz CT molecular complexity index is 1300. The predicted molar refractivity (Wildman–Crippen MR) is 128 cm³/mol. The first-order valence-electron chi connectivity index (χ1n) is 11.3. The van der Waals surface area contributed by atoms with E-state index in [9.17, 15) is 9.59 Å². The quantitative estimate of drug-likeness (QED) is 0.398. The van der Waals surface area contributed by atoms with Crippen molar-refractivity contribution in [2.24, 2.45) is 5.92 Å². The maximum absolute atomic E-state index is 13.0. The number of para-hydroxylation sites is 1. The summed E-state index contributed by atoms with van der Waals surface area (Å²) in [5.74, 6) is 0.539. The lowest BCUT2D eigenvalue weighted by Gasteiger charge is -2.32. The SMILES string of the molecule is O=C(NCCNc1ccc2ccccc2n1)C1CCCN(C(=O)c2ccc3[nH]ncc3c2)C1. The highest BCUT2D eigenvalue weighted by Gasteiger charge is 2.28. The molecule has 8 nitrogen and oxygen atoms in total. The molecule has 0 aliphatic carbocycles. The molecule has 0 spiro atoms. The summed E-state index contributed by atoms with van der Waals surface area (Å²) < 4.78 is 0. The van der Waals surface area contributed by atoms with Gasteiger partial charge in [-0.25, -0.2) is 4.98 Å². The van der Waals surface area contributed by atoms with Crippen molar-refractivity contribution in [3.63, 3.8) is 0 Å². The number of benzene rings is 2. The lowest BCUT2D eigenvalue weighted by Crippen LogP contribution is -2.46. The van der Waals surface area contributed by atoms with Crippen molar-refractivity contribution in [1.29, 1.82) is 0 Å². The Hall–Kier alpha value is -3.94. The summed E-state index contributed by atoms with van der Waals surface area (Å²) in [5.41, 5.74) is 2.46. The number of carbonyl (C=O) groups is 2. The zero-order valence-corrected chi connectivity index (χ0v) is 18.3. The van der Waals surface area contributed by atoms with Crippen LogP contribution in [0.3, 0.4) is 0 Å². The van der Waals surface area contributed by atoms with Gasteiger partial charge in [-0.15, -0.1) is 0 Å². The first-order valence-corrected chi connectivity index (χ1v) is 11.3. The molecule has 8 heteroatoms. The topological polar surface area (TPSA) is 103 Å². The minimum Gasteiger partial charge on any atom is -0.368 e. The van der Waals surface area contributed by atoms with Gasteiger partial charge in [0.15, 0.2) is 0 Å². The fraction of sp³-hybridized carbons (Fsp3) is 0.280. The van der Waals surface area contributed by atoms with Gasteiger partial charge in [0.2, 0.25) is 5.91 Å². The maximum atomic E-state index is 13.0. The molecule has 1 atom stereocenters. The maximum Gasteiger partial charge on any atom is 0.253 e. The molecule has 2 amide bonds. The van der Waals surface area contributed by atoms with Crippen LogP contribution in [0.25, 0.3) is 21.8 Å². The zero-order valence-electron chi connectivity index (χ0n) is 18.3. The molecule has 1 fully saturated rings. The number of hydrogen-bond acceptors (Lipinski definition) is 5. The number of nitrogens with zero attached hydrogens (tertiary/aromatic N) is 3. The number of nitrogens with one attached hydrogen (secondary N) is 3. The van der Waals surface area contributed by atoms with Gasteiger partial charge in [-0.1, -0.05) is 18.2 Å². The normalized spacial score (nSPS) is 16.1. The van der Waals surface area contributed by atoms with Gasteiger partial charge in [-0.05, 0) is 49.2 Å². The first kappa shape index (κ1) is 20.9. The van der Waals surface area contributed by atoms with Crippen LogP contribution in [0.4, 0.5) is 5.82 Å². The molecule has 5 rings (SSSR count). The third-order valence-electron chi connectivity index (χ3n) is 6.10. The van der Waals surface area contributed by atoms with Crippen molar-refractivity contribution in [3.8, 4) is 0 Å². The van der Waals surface area contributed by atoms with E-state index in [4.69, 9.17) is 0 Å². The number of likely N-dealkylation sites (tertiary alicyclic amines) is 1. The second kappa shape index (κ2) is 9.28. The van der Waals surface area contributed by atoms with Crippen LogP contribution >= 0.6 is 0 Å². The van der Waals surface area contributed by atoms with Crippen LogP contribution in [0.2, 0.25) is 0 Å². The number of H-pyrrole nitrogens is 1. The molecule has 2 aromatic heterocycles. The van der Waals surface area contributed by atoms with Gasteiger partial charge < -0.3 is 15.5 Å². The van der Waals surface area contributed by atoms with Gasteiger partial charge in [-0.2, -0.15) is 5.10 Å². The van der Waals surface area contributed by atoms with E-state index in [-0.39, 0.29) is 17.7 Å². The van der Waals surface area contributed by atoms with Crippen molar-refractivity contribution in [2.45, 2.75) is 12.8 Å². The number of pyridine rings is 1. The molecule has 0 bridgehead atoms. The van der Waals surface area contributed by atoms with E-state index in [1.54, 1.807) is 17.2 Å². The van der Waals surface area contributed by atoms with E-state index in [0.717, 1.165) is 40.5 Å². The summed E-state index contributed by atoms with van der Waals surface area (Å²) in [4.78, 5) is 32.1. The Labute approximate surface area is 191 Å². The van der Waals surface area contributed by atoms with Crippen molar-refractivity contribution < 1.29 is 9.59 Å². The Balaban J connectivity index is 1.12. The molecule has 3 heterocycles. The van der Waals surface area contributed by atoms with Gasteiger partial charge in [-0.3, -0.25) is 14.7 Å². The van der Waals surface area contributed by atoms with Crippen molar-refractivity contribution >= 4 is 39.4 Å². The fourth-order valence-corrected chi connectivity index (χ4v) is 4.32. The van der Waals surface area contributed by atoms with Crippen LogP contribution < -0.4 is 10.6 Å². The number of amides is 2. The van der Waals surface area contributed by atoms with Gasteiger partial charge in [0.1, 0.15) is 5.82 Å². The number of aromatic amines is 1. The first-order chi connectivity index (χ1) is 16.2. The molecule has 1 aliphatic rings. The summed E-state index contributed by atoms with van der Waals surface area (Å²) in [6.45, 7) is 2.18. The third-order valence-corrected chi connectivity index (χ3v) is 6.10. The summed E-state index contributed by atoms with van der Waals surface area (Å²) in [7, 11) is 0. The molecule has 0 saturated carbocycles. The Morgan fingerprint density at radius 3 is 2.91 bits per heavy atom. The molecule has 33 heavy (non-hydrogen) atoms. The molecule has 2 aromatic carbocycles. The van der Waals surface area contributed by atoms with Crippen molar-refractivity contribution in [2.75, 3.05) is 31.5 Å². The average molecular weight is 443 g/mol. The number of fused-ring (bicyclic) bond motifs is 2. The highest BCUT2D eigenvalue weighted by molar-refractivity contribution is 5.98. The molecule has 0 radical (unpaired) electrons. The van der Waals surface area contributed by atoms with Crippen LogP contribution in [0, 0.1) is 5.92 Å². The Morgan fingerprint density at radius 2 is 1.97 bits per heavy atom. The number of hydrogen-bond donors (Lipinski definition) is 3. The van der Waals surface area contributed by atoms with Gasteiger partial charge in [0.25, 0.3) is 5.91 Å². The van der Waals surface area contributed by atoms with E-state index >= 15 is 0 Å². The molecule has 3 N–H and O–H groups in total. The van der Waals surface area contributed by atoms with Crippen LogP contribution in [-0.2, 0) is 4.79 Å². The number of aromatic nitrogens is 3. The molecular weight excluding hydrogens is 416 g/mol. The van der Waals surface area contributed by atoms with E-state index < -0.39 is 0 Å². The Morgan fingerprint density at radius 1 is 1.06 bits per heavy atom. The number of carbonyl (C=O) groups excluding carboxylic acids is 2. The second-order valence-corrected chi connectivity index (χ2v) is 8.37. The minimum absolute atomic E-state index is 0.00828. The fourth-order valence-electron chi connectivity index (χ4n) is 4.32. The summed E-state index contributed by atoms with van der Waals surface area (Å²) in [5, 5.41) is 15.2. The Kier molecular flexibility index (Phi) is 5.89. The van der Waals surface area contributed by atoms with Gasteiger partial charge in [0.05, 0.1) is 23.1 Å². The van der Waals surface area contributed by atoms with E-state index in [0.29, 0.717) is 31.7 Å². The van der Waals surface area contributed by atoms with Gasteiger partial charge >= 0.3 is 0 Å². The largest absolute Gasteiger partial charge is 0.368 e. The lowest BCUT2D eigenvalue weighted by atomic mass is 9.96. The average Bonchev–Trinajstić information content (AvgIpc) is 3.34. The summed E-state index contributed by atoms with van der Waals surface area (Å²) >= 11 is 0. The smallest absolute Gasteiger partial charge is 0.253 e. The summed E-state index contributed by atoms with van der Waals surface area (Å²) in [6, 6.07) is 17.4. The standard InChI is InChI=1S/C25H26N6O2/c32-24(27-12-11-26-23-10-8-17-4-1-2-6-21(17)29-23)19-5-3-13-31(16-19)25(33)18-7-9-22-20(14-18)15-28-30-22/h1-2,4,6-10,14-15,19H,3,5,11-13,16H2,(H,26,29)(H,27,32)(H,28,30). The molecule has 1 unspecified atom stereocenters. The number of rotatable bonds is 6. The number of anilines is 1. The van der Waals surface area contributed by atoms with Crippen molar-refractivity contribution in [1.82, 2.24) is 25.4 Å². The molecule has 4 aromatic rings. The van der Waals surface area contributed by atoms with Gasteiger partial charge in [0, 0.05) is 42.5 Å². The highest BCUT2D eigenvalue weighted by Crippen LogP contribution is 2.21.